The summed E-state index contributed by atoms with van der Waals surface area (Å²) in [4.78, 5) is 24.2. The van der Waals surface area contributed by atoms with Crippen molar-refractivity contribution in [2.75, 3.05) is 0 Å². The zero-order valence-corrected chi connectivity index (χ0v) is 14.0. The van der Waals surface area contributed by atoms with Gasteiger partial charge in [-0.15, -0.1) is 0 Å². The van der Waals surface area contributed by atoms with Crippen molar-refractivity contribution in [3.63, 3.8) is 0 Å². The van der Waals surface area contributed by atoms with E-state index in [4.69, 9.17) is 11.5 Å². The number of rotatable bonds is 4. The Bertz CT molecular complexity index is 903. The molecule has 0 radical (unpaired) electrons. The minimum atomic E-state index is -5.16. The molecule has 4 N–H and O–H groups in total. The van der Waals surface area contributed by atoms with Crippen LogP contribution in [-0.2, 0) is 27.4 Å². The first-order valence-electron chi connectivity index (χ1n) is 7.46. The second-order valence-corrected chi connectivity index (χ2v) is 5.93. The molecule has 0 bridgehead atoms. The lowest BCUT2D eigenvalue weighted by Gasteiger charge is -2.29. The number of carbonyl (C=O) groups is 2. The molecule has 0 aliphatic carbocycles. The normalized spacial score (nSPS) is 12.7. The quantitative estimate of drug-likeness (QED) is 0.581. The minimum Gasteiger partial charge on any atom is -0.368 e. The van der Waals surface area contributed by atoms with Gasteiger partial charge in [0.25, 0.3) is 0 Å². The van der Waals surface area contributed by atoms with Gasteiger partial charge in [0.1, 0.15) is 11.6 Å². The van der Waals surface area contributed by atoms with E-state index >= 15 is 0 Å². The smallest absolute Gasteiger partial charge is 0.368 e. The van der Waals surface area contributed by atoms with Crippen molar-refractivity contribution >= 4 is 11.8 Å². The Morgan fingerprint density at radius 3 is 1.10 bits per heavy atom. The Morgan fingerprint density at radius 1 is 0.586 bits per heavy atom. The highest BCUT2D eigenvalue weighted by molar-refractivity contribution is 6.13. The van der Waals surface area contributed by atoms with E-state index in [-0.39, 0.29) is 36.4 Å². The fraction of sp³-hybridized carbons (Fsp3) is 0.176. The zero-order chi connectivity index (χ0) is 22.4. The molecule has 0 aromatic heterocycles. The number of alkyl halides is 6. The van der Waals surface area contributed by atoms with Crippen LogP contribution in [0.3, 0.4) is 0 Å². The lowest BCUT2D eigenvalue weighted by atomic mass is 9.72. The summed E-state index contributed by atoms with van der Waals surface area (Å²) in [6.07, 6.45) is -10.3. The predicted molar refractivity (Wildman–Crippen MR) is 82.0 cm³/mol. The van der Waals surface area contributed by atoms with Crippen molar-refractivity contribution in [3.05, 3.63) is 70.3 Å². The lowest BCUT2D eigenvalue weighted by Crippen LogP contribution is -2.52. The maximum Gasteiger partial charge on any atom is 0.416 e. The van der Waals surface area contributed by atoms with E-state index in [1.807, 2.05) is 0 Å². The zero-order valence-electron chi connectivity index (χ0n) is 14.0. The highest BCUT2D eigenvalue weighted by Gasteiger charge is 2.49. The summed E-state index contributed by atoms with van der Waals surface area (Å²) >= 11 is 0. The van der Waals surface area contributed by atoms with Gasteiger partial charge in [0, 0.05) is 0 Å². The van der Waals surface area contributed by atoms with E-state index in [1.54, 1.807) is 0 Å². The molecular formula is C17H10F8N2O2. The topological polar surface area (TPSA) is 86.2 Å². The molecule has 2 rings (SSSR count). The van der Waals surface area contributed by atoms with Crippen molar-refractivity contribution in [3.8, 4) is 0 Å². The number of benzene rings is 2. The summed E-state index contributed by atoms with van der Waals surface area (Å²) < 4.78 is 106. The predicted octanol–water partition coefficient (Wildman–Crippen LogP) is 3.26. The molecule has 156 valence electrons. The van der Waals surface area contributed by atoms with Crippen LogP contribution in [0, 0.1) is 11.6 Å². The van der Waals surface area contributed by atoms with Crippen molar-refractivity contribution in [1.82, 2.24) is 0 Å². The van der Waals surface area contributed by atoms with Crippen molar-refractivity contribution in [1.29, 1.82) is 0 Å². The SMILES string of the molecule is NC(=O)C(C(N)=O)(c1cc(F)cc(C(F)(F)F)c1)c1cc(F)cc(C(F)(F)F)c1. The van der Waals surface area contributed by atoms with Gasteiger partial charge in [-0.05, 0) is 47.5 Å². The molecule has 2 amide bonds. The van der Waals surface area contributed by atoms with Crippen LogP contribution in [0.4, 0.5) is 35.1 Å². The summed E-state index contributed by atoms with van der Waals surface area (Å²) in [5.41, 5.74) is 1.43. The van der Waals surface area contributed by atoms with Crippen LogP contribution >= 0.6 is 0 Å². The van der Waals surface area contributed by atoms with Crippen molar-refractivity contribution in [2.24, 2.45) is 11.5 Å². The van der Waals surface area contributed by atoms with Gasteiger partial charge < -0.3 is 11.5 Å². The summed E-state index contributed by atoms with van der Waals surface area (Å²) in [7, 11) is 0. The molecule has 12 heteroatoms. The van der Waals surface area contributed by atoms with Crippen LogP contribution in [0.2, 0.25) is 0 Å². The number of hydrogen-bond donors (Lipinski definition) is 2. The van der Waals surface area contributed by atoms with Crippen LogP contribution in [0.1, 0.15) is 22.3 Å². The molecule has 0 unspecified atom stereocenters. The fourth-order valence-corrected chi connectivity index (χ4v) is 2.80. The number of carbonyl (C=O) groups excluding carboxylic acids is 2. The number of nitrogens with two attached hydrogens (primary N) is 2. The van der Waals surface area contributed by atoms with Crippen LogP contribution in [0.15, 0.2) is 36.4 Å². The highest BCUT2D eigenvalue weighted by atomic mass is 19.4. The average molecular weight is 426 g/mol. The Hall–Kier alpha value is -3.18. The summed E-state index contributed by atoms with van der Waals surface area (Å²) in [5.74, 6) is -6.84. The third-order valence-corrected chi connectivity index (χ3v) is 4.06. The summed E-state index contributed by atoms with van der Waals surface area (Å²) in [5, 5.41) is 0. The molecule has 0 aliphatic heterocycles. The largest absolute Gasteiger partial charge is 0.416 e. The molecule has 2 aromatic carbocycles. The first kappa shape index (κ1) is 22.1. The number of halogens is 8. The van der Waals surface area contributed by atoms with Gasteiger partial charge in [-0.3, -0.25) is 9.59 Å². The average Bonchev–Trinajstić information content (AvgIpc) is 2.52. The molecular weight excluding hydrogens is 416 g/mol. The van der Waals surface area contributed by atoms with Crippen molar-refractivity contribution < 1.29 is 44.7 Å². The van der Waals surface area contributed by atoms with E-state index in [1.165, 1.54) is 0 Å². The summed E-state index contributed by atoms with van der Waals surface area (Å²) in [6.45, 7) is 0. The molecule has 0 atom stereocenters. The van der Waals surface area contributed by atoms with Gasteiger partial charge in [-0.25, -0.2) is 8.78 Å². The molecule has 4 nitrogen and oxygen atoms in total. The number of amides is 2. The third kappa shape index (κ3) is 4.00. The molecule has 2 aromatic rings. The van der Waals surface area contributed by atoms with Gasteiger partial charge in [-0.2, -0.15) is 26.3 Å². The molecule has 0 saturated carbocycles. The molecule has 0 heterocycles. The van der Waals surface area contributed by atoms with E-state index in [9.17, 15) is 44.7 Å². The highest BCUT2D eigenvalue weighted by Crippen LogP contribution is 2.40. The molecule has 0 aliphatic rings. The maximum absolute atomic E-state index is 13.8. The second-order valence-electron chi connectivity index (χ2n) is 5.93. The van der Waals surface area contributed by atoms with E-state index in [0.717, 1.165) is 0 Å². The number of hydrogen-bond acceptors (Lipinski definition) is 2. The first-order valence-corrected chi connectivity index (χ1v) is 7.46. The Balaban J connectivity index is 2.97. The third-order valence-electron chi connectivity index (χ3n) is 4.06. The van der Waals surface area contributed by atoms with Crippen molar-refractivity contribution in [2.45, 2.75) is 17.8 Å². The van der Waals surface area contributed by atoms with Gasteiger partial charge in [-0.1, -0.05) is 0 Å². The Morgan fingerprint density at radius 2 is 0.862 bits per heavy atom. The van der Waals surface area contributed by atoms with Gasteiger partial charge >= 0.3 is 12.4 Å². The van der Waals surface area contributed by atoms with E-state index < -0.39 is 63.5 Å². The monoisotopic (exact) mass is 426 g/mol. The molecule has 0 spiro atoms. The second kappa shape index (κ2) is 7.01. The summed E-state index contributed by atoms with van der Waals surface area (Å²) in [6, 6.07) is 0.811. The Kier molecular flexibility index (Phi) is 5.35. The van der Waals surface area contributed by atoms with Gasteiger partial charge in [0.2, 0.25) is 11.8 Å². The first-order chi connectivity index (χ1) is 13.1. The van der Waals surface area contributed by atoms with Gasteiger partial charge in [0.15, 0.2) is 5.41 Å². The molecule has 29 heavy (non-hydrogen) atoms. The van der Waals surface area contributed by atoms with E-state index in [0.29, 0.717) is 0 Å². The van der Waals surface area contributed by atoms with Crippen LogP contribution in [0.25, 0.3) is 0 Å². The van der Waals surface area contributed by atoms with Gasteiger partial charge in [0.05, 0.1) is 11.1 Å². The van der Waals surface area contributed by atoms with Crippen LogP contribution in [0.5, 0.6) is 0 Å². The van der Waals surface area contributed by atoms with Crippen LogP contribution < -0.4 is 11.5 Å². The molecule has 0 fully saturated rings. The minimum absolute atomic E-state index is 0.0168. The standard InChI is InChI=1S/C17H10F8N2O2/c18-11-3-7(1-9(5-11)16(20,21)22)15(13(26)28,14(27)29)8-2-10(17(23,24)25)6-12(19)4-8/h1-6H,(H2,26,28)(H2,27,29). The fourth-order valence-electron chi connectivity index (χ4n) is 2.80. The Labute approximate surface area is 157 Å². The lowest BCUT2D eigenvalue weighted by molar-refractivity contribution is -0.139. The van der Waals surface area contributed by atoms with Crippen LogP contribution in [-0.4, -0.2) is 11.8 Å². The molecule has 0 saturated heterocycles. The number of primary amides is 2. The van der Waals surface area contributed by atoms with E-state index in [2.05, 4.69) is 0 Å². The maximum atomic E-state index is 13.8.